The molecule has 9 heteroatoms. The monoisotopic (exact) mass is 503 g/mol. The Hall–Kier alpha value is -3.04. The average molecular weight is 504 g/mol. The van der Waals surface area contributed by atoms with Gasteiger partial charge in [0.15, 0.2) is 11.5 Å². The van der Waals surface area contributed by atoms with Crippen LogP contribution in [0.3, 0.4) is 0 Å². The Bertz CT molecular complexity index is 1070. The van der Waals surface area contributed by atoms with Crippen LogP contribution in [0, 0.1) is 0 Å². The maximum atomic E-state index is 12.2. The number of benzene rings is 2. The molecule has 0 aliphatic heterocycles. The van der Waals surface area contributed by atoms with Crippen LogP contribution in [0.5, 0.6) is 17.4 Å². The molecule has 32 heavy (non-hydrogen) atoms. The molecule has 0 spiro atoms. The quantitative estimate of drug-likeness (QED) is 0.367. The van der Waals surface area contributed by atoms with Crippen molar-refractivity contribution in [2.45, 2.75) is 26.2 Å². The number of halogens is 1. The SMILES string of the molecule is CCCOc1cc(CNc2c(OC(OC)c3ccccc3)n[nH]c(=O)c2Br)ccc1OC. The Balaban J connectivity index is 1.84. The van der Waals surface area contributed by atoms with Crippen LogP contribution >= 0.6 is 15.9 Å². The summed E-state index contributed by atoms with van der Waals surface area (Å²) in [5.74, 6) is 1.52. The molecule has 1 atom stereocenters. The smallest absolute Gasteiger partial charge is 0.280 e. The van der Waals surface area contributed by atoms with Gasteiger partial charge < -0.3 is 24.3 Å². The third-order valence-corrected chi connectivity index (χ3v) is 5.31. The number of hydrogen-bond donors (Lipinski definition) is 2. The van der Waals surface area contributed by atoms with Crippen molar-refractivity contribution in [1.82, 2.24) is 10.2 Å². The number of aromatic nitrogens is 2. The molecule has 2 N–H and O–H groups in total. The first-order valence-electron chi connectivity index (χ1n) is 10.1. The largest absolute Gasteiger partial charge is 0.493 e. The van der Waals surface area contributed by atoms with Gasteiger partial charge in [0.05, 0.1) is 13.7 Å². The summed E-state index contributed by atoms with van der Waals surface area (Å²) in [6.07, 6.45) is 0.192. The Kier molecular flexibility index (Phi) is 8.52. The first kappa shape index (κ1) is 23.6. The van der Waals surface area contributed by atoms with Crippen molar-refractivity contribution in [2.24, 2.45) is 0 Å². The van der Waals surface area contributed by atoms with Gasteiger partial charge in [-0.15, -0.1) is 5.10 Å². The summed E-state index contributed by atoms with van der Waals surface area (Å²) >= 11 is 3.33. The fraction of sp³-hybridized carbons (Fsp3) is 0.304. The summed E-state index contributed by atoms with van der Waals surface area (Å²) in [6.45, 7) is 3.03. The molecule has 2 aromatic carbocycles. The van der Waals surface area contributed by atoms with E-state index in [2.05, 4.69) is 31.4 Å². The van der Waals surface area contributed by atoms with E-state index in [4.69, 9.17) is 18.9 Å². The number of methoxy groups -OCH3 is 2. The lowest BCUT2D eigenvalue weighted by molar-refractivity contribution is -0.0589. The van der Waals surface area contributed by atoms with Gasteiger partial charge in [-0.1, -0.05) is 43.3 Å². The van der Waals surface area contributed by atoms with Gasteiger partial charge in [0.25, 0.3) is 11.4 Å². The third-order valence-electron chi connectivity index (χ3n) is 4.56. The van der Waals surface area contributed by atoms with Crippen LogP contribution < -0.4 is 25.1 Å². The highest BCUT2D eigenvalue weighted by Gasteiger charge is 2.19. The van der Waals surface area contributed by atoms with E-state index in [1.54, 1.807) is 14.2 Å². The molecule has 8 nitrogen and oxygen atoms in total. The summed E-state index contributed by atoms with van der Waals surface area (Å²) in [7, 11) is 3.15. The number of hydrogen-bond acceptors (Lipinski definition) is 7. The molecule has 1 heterocycles. The van der Waals surface area contributed by atoms with E-state index in [1.807, 2.05) is 55.5 Å². The van der Waals surface area contributed by atoms with Crippen LogP contribution in [0.2, 0.25) is 0 Å². The molecule has 1 unspecified atom stereocenters. The van der Waals surface area contributed by atoms with Crippen LogP contribution in [-0.2, 0) is 11.3 Å². The van der Waals surface area contributed by atoms with Gasteiger partial charge in [-0.25, -0.2) is 5.10 Å². The van der Waals surface area contributed by atoms with Crippen LogP contribution in [0.25, 0.3) is 0 Å². The minimum Gasteiger partial charge on any atom is -0.493 e. The van der Waals surface area contributed by atoms with E-state index in [0.29, 0.717) is 30.3 Å². The van der Waals surface area contributed by atoms with E-state index in [1.165, 1.54) is 0 Å². The Morgan fingerprint density at radius 1 is 1.12 bits per heavy atom. The summed E-state index contributed by atoms with van der Waals surface area (Å²) in [5, 5.41) is 9.73. The van der Waals surface area contributed by atoms with Crippen molar-refractivity contribution >= 4 is 21.6 Å². The minimum atomic E-state index is -0.697. The highest BCUT2D eigenvalue weighted by Crippen LogP contribution is 2.33. The van der Waals surface area contributed by atoms with Crippen LogP contribution in [0.15, 0.2) is 57.8 Å². The topological polar surface area (TPSA) is 94.7 Å². The molecule has 0 saturated carbocycles. The van der Waals surface area contributed by atoms with Gasteiger partial charge in [0.2, 0.25) is 6.29 Å². The highest BCUT2D eigenvalue weighted by molar-refractivity contribution is 9.10. The molecule has 0 amide bonds. The summed E-state index contributed by atoms with van der Waals surface area (Å²) in [4.78, 5) is 12.2. The van der Waals surface area contributed by atoms with Crippen LogP contribution in [0.1, 0.15) is 30.8 Å². The zero-order valence-electron chi connectivity index (χ0n) is 18.2. The first-order valence-corrected chi connectivity index (χ1v) is 10.9. The van der Waals surface area contributed by atoms with Gasteiger partial charge in [0.1, 0.15) is 10.2 Å². The van der Waals surface area contributed by atoms with Crippen molar-refractivity contribution in [2.75, 3.05) is 26.1 Å². The Morgan fingerprint density at radius 3 is 2.59 bits per heavy atom. The Labute approximate surface area is 195 Å². The normalized spacial score (nSPS) is 11.6. The van der Waals surface area contributed by atoms with Gasteiger partial charge >= 0.3 is 0 Å². The van der Waals surface area contributed by atoms with Crippen LogP contribution in [-0.4, -0.2) is 31.0 Å². The van der Waals surface area contributed by atoms with Crippen molar-refractivity contribution in [3.63, 3.8) is 0 Å². The molecule has 0 bridgehead atoms. The number of nitrogens with zero attached hydrogens (tertiary/aromatic N) is 1. The predicted molar refractivity (Wildman–Crippen MR) is 125 cm³/mol. The lowest BCUT2D eigenvalue weighted by Crippen LogP contribution is -2.18. The van der Waals surface area contributed by atoms with E-state index >= 15 is 0 Å². The molecule has 0 fully saturated rings. The number of rotatable bonds is 11. The molecule has 3 aromatic rings. The number of aromatic amines is 1. The predicted octanol–water partition coefficient (Wildman–Crippen LogP) is 4.67. The van der Waals surface area contributed by atoms with Crippen molar-refractivity contribution < 1.29 is 18.9 Å². The maximum Gasteiger partial charge on any atom is 0.280 e. The second kappa shape index (κ2) is 11.5. The lowest BCUT2D eigenvalue weighted by Gasteiger charge is -2.20. The minimum absolute atomic E-state index is 0.197. The van der Waals surface area contributed by atoms with Gasteiger partial charge in [0, 0.05) is 19.2 Å². The summed E-state index contributed by atoms with van der Waals surface area (Å²) < 4.78 is 22.9. The molecule has 0 aliphatic carbocycles. The average Bonchev–Trinajstić information content (AvgIpc) is 2.83. The number of anilines is 1. The van der Waals surface area contributed by atoms with Gasteiger partial charge in [-0.2, -0.15) is 0 Å². The maximum absolute atomic E-state index is 12.2. The fourth-order valence-corrected chi connectivity index (χ4v) is 3.36. The molecule has 170 valence electrons. The summed E-state index contributed by atoms with van der Waals surface area (Å²) in [6, 6.07) is 15.1. The molecule has 0 saturated heterocycles. The molecule has 3 rings (SSSR count). The van der Waals surface area contributed by atoms with Crippen molar-refractivity contribution in [3.05, 3.63) is 74.5 Å². The van der Waals surface area contributed by atoms with Crippen molar-refractivity contribution in [1.29, 1.82) is 0 Å². The molecule has 0 aliphatic rings. The number of H-pyrrole nitrogens is 1. The van der Waals surface area contributed by atoms with Crippen LogP contribution in [0.4, 0.5) is 5.69 Å². The molecular weight excluding hydrogens is 478 g/mol. The lowest BCUT2D eigenvalue weighted by atomic mass is 10.2. The number of nitrogens with one attached hydrogen (secondary N) is 2. The Morgan fingerprint density at radius 2 is 1.91 bits per heavy atom. The molecule has 1 aromatic heterocycles. The highest BCUT2D eigenvalue weighted by atomic mass is 79.9. The second-order valence-electron chi connectivity index (χ2n) is 6.83. The summed E-state index contributed by atoms with van der Waals surface area (Å²) in [5.41, 5.74) is 1.79. The molecular formula is C23H26BrN3O5. The molecule has 0 radical (unpaired) electrons. The van der Waals surface area contributed by atoms with E-state index in [9.17, 15) is 4.79 Å². The van der Waals surface area contributed by atoms with E-state index in [-0.39, 0.29) is 15.9 Å². The zero-order chi connectivity index (χ0) is 22.9. The van der Waals surface area contributed by atoms with E-state index in [0.717, 1.165) is 17.5 Å². The van der Waals surface area contributed by atoms with E-state index < -0.39 is 6.29 Å². The van der Waals surface area contributed by atoms with Gasteiger partial charge in [-0.05, 0) is 40.0 Å². The van der Waals surface area contributed by atoms with Crippen molar-refractivity contribution in [3.8, 4) is 17.4 Å². The first-order chi connectivity index (χ1) is 15.6. The fourth-order valence-electron chi connectivity index (χ4n) is 2.96. The third kappa shape index (κ3) is 5.80. The van der Waals surface area contributed by atoms with Gasteiger partial charge in [-0.3, -0.25) is 4.79 Å². The number of ether oxygens (including phenoxy) is 4. The second-order valence-corrected chi connectivity index (χ2v) is 7.62. The zero-order valence-corrected chi connectivity index (χ0v) is 19.8. The standard InChI is InChI=1S/C23H26BrN3O5/c1-4-12-31-18-13-15(10-11-17(18)29-2)14-25-20-19(24)21(28)26-27-22(20)32-23(30-3)16-8-6-5-7-9-16/h5-11,13,23H,4,12,14H2,1-3H3,(H2,25,26,28).